The van der Waals surface area contributed by atoms with Gasteiger partial charge in [0.05, 0.1) is 10.5 Å². The SMILES string of the molecule is CC(OC(=O)c1cc(F)cc(F)c1)C(=O)Nc1cccc(S(N)(=O)=O)c1. The lowest BCUT2D eigenvalue weighted by Gasteiger charge is -2.14. The lowest BCUT2D eigenvalue weighted by Crippen LogP contribution is -2.30. The average molecular weight is 384 g/mol. The number of carbonyl (C=O) groups is 2. The number of hydrogen-bond donors (Lipinski definition) is 2. The number of anilines is 1. The molecule has 0 heterocycles. The molecule has 0 radical (unpaired) electrons. The zero-order chi connectivity index (χ0) is 19.5. The summed E-state index contributed by atoms with van der Waals surface area (Å²) < 4.78 is 53.7. The Morgan fingerprint density at radius 1 is 1.12 bits per heavy atom. The van der Waals surface area contributed by atoms with Crippen LogP contribution in [0.5, 0.6) is 0 Å². The van der Waals surface area contributed by atoms with E-state index in [-0.39, 0.29) is 10.6 Å². The van der Waals surface area contributed by atoms with E-state index in [1.165, 1.54) is 25.1 Å². The smallest absolute Gasteiger partial charge is 0.339 e. The molecule has 1 unspecified atom stereocenters. The molecule has 10 heteroatoms. The number of nitrogens with two attached hydrogens (primary N) is 1. The van der Waals surface area contributed by atoms with E-state index < -0.39 is 45.2 Å². The monoisotopic (exact) mass is 384 g/mol. The molecule has 2 rings (SSSR count). The van der Waals surface area contributed by atoms with Crippen LogP contribution in [0.1, 0.15) is 17.3 Å². The van der Waals surface area contributed by atoms with Gasteiger partial charge in [0, 0.05) is 11.8 Å². The first-order valence-electron chi connectivity index (χ1n) is 7.17. The number of ether oxygens (including phenoxy) is 1. The zero-order valence-electron chi connectivity index (χ0n) is 13.4. The topological polar surface area (TPSA) is 116 Å². The van der Waals surface area contributed by atoms with Crippen LogP contribution >= 0.6 is 0 Å². The molecule has 0 aliphatic heterocycles. The van der Waals surface area contributed by atoms with Crippen LogP contribution in [0.4, 0.5) is 14.5 Å². The summed E-state index contributed by atoms with van der Waals surface area (Å²) in [5.74, 6) is -3.80. The molecule has 0 aliphatic carbocycles. The molecule has 0 saturated carbocycles. The molecule has 0 aliphatic rings. The molecule has 1 atom stereocenters. The number of amides is 1. The predicted octanol–water partition coefficient (Wildman–Crippen LogP) is 1.80. The summed E-state index contributed by atoms with van der Waals surface area (Å²) in [5, 5.41) is 7.35. The Morgan fingerprint density at radius 3 is 2.31 bits per heavy atom. The van der Waals surface area contributed by atoms with Crippen molar-refractivity contribution < 1.29 is 31.5 Å². The van der Waals surface area contributed by atoms with Gasteiger partial charge in [0.15, 0.2) is 6.10 Å². The number of sulfonamides is 1. The zero-order valence-corrected chi connectivity index (χ0v) is 14.2. The molecule has 0 spiro atoms. The molecule has 2 aromatic rings. The van der Waals surface area contributed by atoms with Gasteiger partial charge in [-0.2, -0.15) is 0 Å². The highest BCUT2D eigenvalue weighted by atomic mass is 32.2. The van der Waals surface area contributed by atoms with Crippen LogP contribution in [-0.2, 0) is 19.6 Å². The number of hydrogen-bond acceptors (Lipinski definition) is 5. The fraction of sp³-hybridized carbons (Fsp3) is 0.125. The fourth-order valence-corrected chi connectivity index (χ4v) is 2.51. The Hall–Kier alpha value is -2.85. The van der Waals surface area contributed by atoms with Gasteiger partial charge in [0.1, 0.15) is 11.6 Å². The molecule has 26 heavy (non-hydrogen) atoms. The van der Waals surface area contributed by atoms with Gasteiger partial charge in [0.25, 0.3) is 5.91 Å². The summed E-state index contributed by atoms with van der Waals surface area (Å²) in [4.78, 5) is 23.7. The van der Waals surface area contributed by atoms with Gasteiger partial charge < -0.3 is 10.1 Å². The highest BCUT2D eigenvalue weighted by Gasteiger charge is 2.20. The largest absolute Gasteiger partial charge is 0.449 e. The Balaban J connectivity index is 2.07. The van der Waals surface area contributed by atoms with Crippen LogP contribution in [-0.4, -0.2) is 26.4 Å². The van der Waals surface area contributed by atoms with Crippen LogP contribution in [0.15, 0.2) is 47.4 Å². The van der Waals surface area contributed by atoms with Crippen molar-refractivity contribution in [2.24, 2.45) is 5.14 Å². The first-order chi connectivity index (χ1) is 12.1. The predicted molar refractivity (Wildman–Crippen MR) is 87.7 cm³/mol. The summed E-state index contributed by atoms with van der Waals surface area (Å²) in [6, 6.07) is 7.27. The minimum Gasteiger partial charge on any atom is -0.449 e. The van der Waals surface area contributed by atoms with E-state index in [0.717, 1.165) is 18.2 Å². The molecule has 2 aromatic carbocycles. The third kappa shape index (κ3) is 5.07. The average Bonchev–Trinajstić information content (AvgIpc) is 2.53. The van der Waals surface area contributed by atoms with Gasteiger partial charge in [-0.3, -0.25) is 4.79 Å². The van der Waals surface area contributed by atoms with Gasteiger partial charge in [-0.25, -0.2) is 27.1 Å². The fourth-order valence-electron chi connectivity index (χ4n) is 1.95. The van der Waals surface area contributed by atoms with Gasteiger partial charge >= 0.3 is 5.97 Å². The second kappa shape index (κ2) is 7.58. The first-order valence-corrected chi connectivity index (χ1v) is 8.71. The second-order valence-corrected chi connectivity index (χ2v) is 6.83. The number of benzene rings is 2. The van der Waals surface area contributed by atoms with Crippen molar-refractivity contribution in [2.45, 2.75) is 17.9 Å². The van der Waals surface area contributed by atoms with E-state index in [9.17, 15) is 26.8 Å². The number of rotatable bonds is 5. The molecule has 3 N–H and O–H groups in total. The Labute approximate surface area is 147 Å². The molecule has 0 aromatic heterocycles. The summed E-state index contributed by atoms with van der Waals surface area (Å²) >= 11 is 0. The van der Waals surface area contributed by atoms with E-state index in [4.69, 9.17) is 9.88 Å². The van der Waals surface area contributed by atoms with Crippen molar-refractivity contribution >= 4 is 27.6 Å². The van der Waals surface area contributed by atoms with Crippen molar-refractivity contribution in [3.05, 3.63) is 59.7 Å². The van der Waals surface area contributed by atoms with E-state index in [0.29, 0.717) is 6.07 Å². The highest BCUT2D eigenvalue weighted by molar-refractivity contribution is 7.89. The van der Waals surface area contributed by atoms with E-state index in [2.05, 4.69) is 5.32 Å². The maximum absolute atomic E-state index is 13.1. The molecule has 0 fully saturated rings. The lowest BCUT2D eigenvalue weighted by molar-refractivity contribution is -0.123. The normalized spacial score (nSPS) is 12.3. The van der Waals surface area contributed by atoms with Crippen LogP contribution in [0.2, 0.25) is 0 Å². The van der Waals surface area contributed by atoms with Gasteiger partial charge in [-0.15, -0.1) is 0 Å². The summed E-state index contributed by atoms with van der Waals surface area (Å²) in [6.07, 6.45) is -1.31. The molecular formula is C16H14F2N2O5S. The van der Waals surface area contributed by atoms with Gasteiger partial charge in [-0.1, -0.05) is 6.07 Å². The molecular weight excluding hydrogens is 370 g/mol. The highest BCUT2D eigenvalue weighted by Crippen LogP contribution is 2.15. The third-order valence-electron chi connectivity index (χ3n) is 3.18. The lowest BCUT2D eigenvalue weighted by atomic mass is 10.2. The van der Waals surface area contributed by atoms with Crippen molar-refractivity contribution in [1.29, 1.82) is 0 Å². The van der Waals surface area contributed by atoms with Crippen LogP contribution in [0.3, 0.4) is 0 Å². The van der Waals surface area contributed by atoms with Crippen molar-refractivity contribution in [2.75, 3.05) is 5.32 Å². The molecule has 7 nitrogen and oxygen atoms in total. The van der Waals surface area contributed by atoms with Gasteiger partial charge in [-0.05, 0) is 37.3 Å². The maximum Gasteiger partial charge on any atom is 0.339 e. The Bertz CT molecular complexity index is 943. The molecule has 1 amide bonds. The van der Waals surface area contributed by atoms with Crippen LogP contribution in [0.25, 0.3) is 0 Å². The minimum absolute atomic E-state index is 0.112. The Kier molecular flexibility index (Phi) is 5.68. The number of primary sulfonamides is 1. The molecule has 138 valence electrons. The third-order valence-corrected chi connectivity index (χ3v) is 4.09. The molecule has 0 saturated heterocycles. The summed E-state index contributed by atoms with van der Waals surface area (Å²) in [5.41, 5.74) is -0.278. The van der Waals surface area contributed by atoms with Crippen LogP contribution in [0, 0.1) is 11.6 Å². The number of esters is 1. The van der Waals surface area contributed by atoms with E-state index in [1.807, 2.05) is 0 Å². The van der Waals surface area contributed by atoms with Crippen molar-refractivity contribution in [3.8, 4) is 0 Å². The van der Waals surface area contributed by atoms with E-state index >= 15 is 0 Å². The van der Waals surface area contributed by atoms with Gasteiger partial charge in [0.2, 0.25) is 10.0 Å². The number of nitrogens with one attached hydrogen (secondary N) is 1. The standard InChI is InChI=1S/C16H14F2N2O5S/c1-9(25-16(22)10-5-11(17)7-12(18)6-10)15(21)20-13-3-2-4-14(8-13)26(19,23)24/h2-9H,1H3,(H,20,21)(H2,19,23,24). The maximum atomic E-state index is 13.1. The van der Waals surface area contributed by atoms with Crippen molar-refractivity contribution in [1.82, 2.24) is 0 Å². The summed E-state index contributed by atoms with van der Waals surface area (Å²) in [7, 11) is -3.95. The minimum atomic E-state index is -3.95. The van der Waals surface area contributed by atoms with E-state index in [1.54, 1.807) is 0 Å². The Morgan fingerprint density at radius 2 is 1.73 bits per heavy atom. The molecule has 0 bridgehead atoms. The van der Waals surface area contributed by atoms with Crippen LogP contribution < -0.4 is 10.5 Å². The number of carbonyl (C=O) groups excluding carboxylic acids is 2. The summed E-state index contributed by atoms with van der Waals surface area (Å²) in [6.45, 7) is 1.24. The van der Waals surface area contributed by atoms with Crippen molar-refractivity contribution in [3.63, 3.8) is 0 Å². The quantitative estimate of drug-likeness (QED) is 0.763. The number of halogens is 2. The first kappa shape index (κ1) is 19.5. The second-order valence-electron chi connectivity index (χ2n) is 5.27.